The zero-order valence-corrected chi connectivity index (χ0v) is 6.25. The molecule has 70 valence electrons. The van der Waals surface area contributed by atoms with Crippen LogP contribution >= 0.6 is 0 Å². The van der Waals surface area contributed by atoms with E-state index in [1.54, 1.807) is 5.48 Å². The van der Waals surface area contributed by atoms with Gasteiger partial charge in [-0.1, -0.05) is 6.07 Å². The van der Waals surface area contributed by atoms with E-state index in [2.05, 4.69) is 9.47 Å². The van der Waals surface area contributed by atoms with E-state index in [0.717, 1.165) is 0 Å². The molecule has 13 heavy (non-hydrogen) atoms. The summed E-state index contributed by atoms with van der Waals surface area (Å²) in [7, 11) is 0. The van der Waals surface area contributed by atoms with E-state index in [-0.39, 0.29) is 17.2 Å². The van der Waals surface area contributed by atoms with Crippen LogP contribution in [0.25, 0.3) is 0 Å². The van der Waals surface area contributed by atoms with E-state index in [4.69, 9.17) is 5.21 Å². The fourth-order valence-corrected chi connectivity index (χ4v) is 1.06. The number of halogens is 2. The first-order chi connectivity index (χ1) is 6.12. The molecule has 0 unspecified atom stereocenters. The van der Waals surface area contributed by atoms with Gasteiger partial charge in [0, 0.05) is 0 Å². The Bertz CT molecular complexity index is 343. The molecule has 1 heterocycles. The number of para-hydroxylation sites is 1. The quantitative estimate of drug-likeness (QED) is 0.661. The van der Waals surface area contributed by atoms with Gasteiger partial charge in [-0.2, -0.15) is 0 Å². The third kappa shape index (κ3) is 1.25. The van der Waals surface area contributed by atoms with Gasteiger partial charge in [-0.15, -0.1) is 8.78 Å². The van der Waals surface area contributed by atoms with Crippen LogP contribution in [-0.4, -0.2) is 11.5 Å². The van der Waals surface area contributed by atoms with Gasteiger partial charge in [0.25, 0.3) is 0 Å². The highest BCUT2D eigenvalue weighted by Gasteiger charge is 2.44. The minimum atomic E-state index is -3.66. The molecule has 0 spiro atoms. The van der Waals surface area contributed by atoms with Gasteiger partial charge in [-0.3, -0.25) is 10.7 Å². The summed E-state index contributed by atoms with van der Waals surface area (Å²) in [4.78, 5) is 0. The second-order valence-electron chi connectivity index (χ2n) is 2.41. The molecule has 1 aliphatic heterocycles. The first-order valence-corrected chi connectivity index (χ1v) is 3.41. The SMILES string of the molecule is ONc1cccc2c1OC(F)(F)O2. The summed E-state index contributed by atoms with van der Waals surface area (Å²) in [6.45, 7) is 0. The first-order valence-electron chi connectivity index (χ1n) is 3.41. The third-order valence-electron chi connectivity index (χ3n) is 1.55. The molecule has 4 nitrogen and oxygen atoms in total. The van der Waals surface area contributed by atoms with Crippen LogP contribution in [0.2, 0.25) is 0 Å². The number of hydrogen-bond donors (Lipinski definition) is 2. The van der Waals surface area contributed by atoms with Crippen molar-refractivity contribution in [3.63, 3.8) is 0 Å². The van der Waals surface area contributed by atoms with E-state index in [1.165, 1.54) is 18.2 Å². The molecule has 0 saturated heterocycles. The normalized spacial score (nSPS) is 17.2. The Hall–Kier alpha value is -1.56. The fraction of sp³-hybridized carbons (Fsp3) is 0.143. The van der Waals surface area contributed by atoms with Crippen LogP contribution < -0.4 is 15.0 Å². The van der Waals surface area contributed by atoms with E-state index in [1.807, 2.05) is 0 Å². The predicted octanol–water partition coefficient (Wildman–Crippen LogP) is 1.81. The summed E-state index contributed by atoms with van der Waals surface area (Å²) in [5.41, 5.74) is 1.76. The molecule has 1 aromatic carbocycles. The highest BCUT2D eigenvalue weighted by Crippen LogP contribution is 2.45. The van der Waals surface area contributed by atoms with Gasteiger partial charge in [-0.05, 0) is 12.1 Å². The van der Waals surface area contributed by atoms with Gasteiger partial charge >= 0.3 is 6.29 Å². The van der Waals surface area contributed by atoms with Crippen molar-refractivity contribution in [3.8, 4) is 11.5 Å². The summed E-state index contributed by atoms with van der Waals surface area (Å²) in [5, 5.41) is 8.54. The van der Waals surface area contributed by atoms with Crippen LogP contribution in [-0.2, 0) is 0 Å². The van der Waals surface area contributed by atoms with Crippen molar-refractivity contribution in [2.75, 3.05) is 5.48 Å². The van der Waals surface area contributed by atoms with Crippen molar-refractivity contribution in [1.82, 2.24) is 0 Å². The van der Waals surface area contributed by atoms with E-state index in [9.17, 15) is 8.78 Å². The number of rotatable bonds is 1. The van der Waals surface area contributed by atoms with Crippen molar-refractivity contribution in [1.29, 1.82) is 0 Å². The lowest BCUT2D eigenvalue weighted by Gasteiger charge is -2.05. The van der Waals surface area contributed by atoms with Crippen LogP contribution in [0.4, 0.5) is 14.5 Å². The Morgan fingerprint density at radius 2 is 2.08 bits per heavy atom. The molecule has 0 aliphatic carbocycles. The van der Waals surface area contributed by atoms with Crippen LogP contribution in [0.3, 0.4) is 0 Å². The Kier molecular flexibility index (Phi) is 1.53. The lowest BCUT2D eigenvalue weighted by atomic mass is 10.3. The van der Waals surface area contributed by atoms with Crippen LogP contribution in [0.15, 0.2) is 18.2 Å². The average Bonchev–Trinajstić information content (AvgIpc) is 2.37. The summed E-state index contributed by atoms with van der Waals surface area (Å²) in [6, 6.07) is 4.14. The highest BCUT2D eigenvalue weighted by atomic mass is 19.3. The summed E-state index contributed by atoms with van der Waals surface area (Å²) >= 11 is 0. The minimum Gasteiger partial charge on any atom is -0.395 e. The molecule has 6 heteroatoms. The van der Waals surface area contributed by atoms with Crippen molar-refractivity contribution in [3.05, 3.63) is 18.2 Å². The lowest BCUT2D eigenvalue weighted by molar-refractivity contribution is -0.286. The number of alkyl halides is 2. The molecule has 1 aliphatic rings. The maximum absolute atomic E-state index is 12.5. The zero-order valence-electron chi connectivity index (χ0n) is 6.25. The average molecular weight is 189 g/mol. The number of benzene rings is 1. The zero-order chi connectivity index (χ0) is 9.47. The Balaban J connectivity index is 2.45. The van der Waals surface area contributed by atoms with Crippen LogP contribution in [0.5, 0.6) is 11.5 Å². The smallest absolute Gasteiger partial charge is 0.395 e. The molecule has 0 amide bonds. The molecule has 0 saturated carbocycles. The maximum atomic E-state index is 12.5. The number of anilines is 1. The maximum Gasteiger partial charge on any atom is 0.586 e. The standard InChI is InChI=1S/C7H5F2NO3/c8-7(9)12-5-3-1-2-4(10-11)6(5)13-7/h1-3,10-11H. The highest BCUT2D eigenvalue weighted by molar-refractivity contribution is 5.63. The summed E-state index contributed by atoms with van der Waals surface area (Å²) < 4.78 is 33.3. The molecule has 0 atom stereocenters. The Morgan fingerprint density at radius 1 is 1.31 bits per heavy atom. The Morgan fingerprint density at radius 3 is 2.77 bits per heavy atom. The van der Waals surface area contributed by atoms with Crippen molar-refractivity contribution < 1.29 is 23.5 Å². The largest absolute Gasteiger partial charge is 0.586 e. The topological polar surface area (TPSA) is 50.7 Å². The number of fused-ring (bicyclic) bond motifs is 1. The van der Waals surface area contributed by atoms with Gasteiger partial charge in [0.05, 0.1) is 0 Å². The van der Waals surface area contributed by atoms with E-state index >= 15 is 0 Å². The molecule has 0 radical (unpaired) electrons. The predicted molar refractivity (Wildman–Crippen MR) is 38.1 cm³/mol. The third-order valence-corrected chi connectivity index (χ3v) is 1.55. The van der Waals surface area contributed by atoms with Crippen molar-refractivity contribution >= 4 is 5.69 Å². The first kappa shape index (κ1) is 8.06. The van der Waals surface area contributed by atoms with Gasteiger partial charge in [0.2, 0.25) is 0 Å². The summed E-state index contributed by atoms with van der Waals surface area (Å²) in [5.74, 6) is -0.306. The lowest BCUT2D eigenvalue weighted by Crippen LogP contribution is -2.26. The second-order valence-corrected chi connectivity index (χ2v) is 2.41. The molecular weight excluding hydrogens is 184 g/mol. The van der Waals surface area contributed by atoms with Gasteiger partial charge < -0.3 is 9.47 Å². The monoisotopic (exact) mass is 189 g/mol. The van der Waals surface area contributed by atoms with Gasteiger partial charge in [0.1, 0.15) is 5.69 Å². The molecule has 2 rings (SSSR count). The van der Waals surface area contributed by atoms with Gasteiger partial charge in [0.15, 0.2) is 11.5 Å². The van der Waals surface area contributed by atoms with Gasteiger partial charge in [-0.25, -0.2) is 0 Å². The number of nitrogens with one attached hydrogen (secondary N) is 1. The summed E-state index contributed by atoms with van der Waals surface area (Å²) in [6.07, 6.45) is -3.66. The number of ether oxygens (including phenoxy) is 2. The molecular formula is C7H5F2NO3. The molecule has 0 bridgehead atoms. The number of hydrogen-bond acceptors (Lipinski definition) is 4. The molecule has 0 fully saturated rings. The fourth-order valence-electron chi connectivity index (χ4n) is 1.06. The minimum absolute atomic E-state index is 0.0367. The molecule has 2 N–H and O–H groups in total. The second kappa shape index (κ2) is 2.46. The van der Waals surface area contributed by atoms with Crippen LogP contribution in [0.1, 0.15) is 0 Å². The molecule has 1 aromatic rings. The van der Waals surface area contributed by atoms with Crippen LogP contribution in [0, 0.1) is 0 Å². The Labute approximate surface area is 71.6 Å². The molecule has 0 aromatic heterocycles. The van der Waals surface area contributed by atoms with Crippen molar-refractivity contribution in [2.24, 2.45) is 0 Å². The van der Waals surface area contributed by atoms with E-state index < -0.39 is 6.29 Å². The van der Waals surface area contributed by atoms with Crippen molar-refractivity contribution in [2.45, 2.75) is 6.29 Å². The van der Waals surface area contributed by atoms with E-state index in [0.29, 0.717) is 0 Å².